The summed E-state index contributed by atoms with van der Waals surface area (Å²) in [6.07, 6.45) is 10.4. The van der Waals surface area contributed by atoms with Crippen molar-refractivity contribution in [2.24, 2.45) is 11.8 Å². The van der Waals surface area contributed by atoms with E-state index in [9.17, 15) is 9.59 Å². The molecule has 8 heteroatoms. The van der Waals surface area contributed by atoms with Gasteiger partial charge in [-0.25, -0.2) is 9.97 Å². The number of H-pyrrole nitrogens is 2. The summed E-state index contributed by atoms with van der Waals surface area (Å²) in [6, 6.07) is 9.74. The Balaban J connectivity index is 1.17. The van der Waals surface area contributed by atoms with Crippen LogP contribution in [0.25, 0.3) is 22.5 Å². The van der Waals surface area contributed by atoms with Crippen LogP contribution in [-0.2, 0) is 9.59 Å². The Morgan fingerprint density at radius 2 is 1.24 bits per heavy atom. The molecular formula is C26H28N6O2. The Hall–Kier alpha value is -3.10. The molecule has 0 amide bonds. The van der Waals surface area contributed by atoms with Crippen LogP contribution in [0.4, 0.5) is 0 Å². The number of carbonyl (C=O) groups excluding carboxylic acids is 2. The first-order valence-corrected chi connectivity index (χ1v) is 12.3. The van der Waals surface area contributed by atoms with Gasteiger partial charge in [0, 0.05) is 23.2 Å². The minimum absolute atomic E-state index is 0.186. The fourth-order valence-electron chi connectivity index (χ4n) is 6.56. The molecule has 2 aromatic heterocycles. The number of aromatic amines is 2. The molecule has 2 N–H and O–H groups in total. The Labute approximate surface area is 197 Å². The van der Waals surface area contributed by atoms with Gasteiger partial charge in [0.1, 0.15) is 24.2 Å². The van der Waals surface area contributed by atoms with Gasteiger partial charge in [-0.3, -0.25) is 9.80 Å². The van der Waals surface area contributed by atoms with Crippen LogP contribution in [0.5, 0.6) is 0 Å². The summed E-state index contributed by atoms with van der Waals surface area (Å²) in [7, 11) is 0. The molecule has 8 nitrogen and oxygen atoms in total. The molecule has 2 aliphatic carbocycles. The first-order chi connectivity index (χ1) is 16.7. The van der Waals surface area contributed by atoms with Crippen LogP contribution >= 0.6 is 0 Å². The predicted molar refractivity (Wildman–Crippen MR) is 126 cm³/mol. The molecule has 0 bridgehead atoms. The second-order valence-corrected chi connectivity index (χ2v) is 10.3. The van der Waals surface area contributed by atoms with Crippen LogP contribution in [0.15, 0.2) is 36.7 Å². The highest BCUT2D eigenvalue weighted by atomic mass is 16.1. The Kier molecular flexibility index (Phi) is 4.60. The highest BCUT2D eigenvalue weighted by Gasteiger charge is 2.53. The lowest BCUT2D eigenvalue weighted by Crippen LogP contribution is -2.29. The predicted octanol–water partition coefficient (Wildman–Crippen LogP) is 3.14. The first kappa shape index (κ1) is 20.3. The number of rotatable bonds is 8. The van der Waals surface area contributed by atoms with E-state index in [0.29, 0.717) is 37.0 Å². The van der Waals surface area contributed by atoms with Crippen LogP contribution in [0.2, 0.25) is 0 Å². The molecule has 1 aromatic carbocycles. The second-order valence-electron chi connectivity index (χ2n) is 10.3. The smallest absolute Gasteiger partial charge is 0.134 e. The van der Waals surface area contributed by atoms with E-state index in [-0.39, 0.29) is 12.1 Å². The van der Waals surface area contributed by atoms with Crippen molar-refractivity contribution >= 4 is 12.6 Å². The summed E-state index contributed by atoms with van der Waals surface area (Å²) in [6.45, 7) is 0.943. The topological polar surface area (TPSA) is 98.0 Å². The third kappa shape index (κ3) is 3.20. The summed E-state index contributed by atoms with van der Waals surface area (Å²) < 4.78 is 0. The number of hydrogen-bond donors (Lipinski definition) is 2. The maximum absolute atomic E-state index is 11.2. The van der Waals surface area contributed by atoms with Crippen molar-refractivity contribution in [1.82, 2.24) is 29.7 Å². The summed E-state index contributed by atoms with van der Waals surface area (Å²) >= 11 is 0. The first-order valence-electron chi connectivity index (χ1n) is 12.3. The normalized spacial score (nSPS) is 31.9. The van der Waals surface area contributed by atoms with E-state index in [4.69, 9.17) is 9.97 Å². The van der Waals surface area contributed by atoms with Gasteiger partial charge in [0.2, 0.25) is 0 Å². The highest BCUT2D eigenvalue weighted by Crippen LogP contribution is 2.53. The summed E-state index contributed by atoms with van der Waals surface area (Å²) in [5.74, 6) is 3.29. The number of likely N-dealkylation sites (tertiary alicyclic amines) is 2. The van der Waals surface area contributed by atoms with Gasteiger partial charge in [-0.05, 0) is 37.5 Å². The van der Waals surface area contributed by atoms with Crippen LogP contribution in [-0.4, -0.2) is 67.5 Å². The van der Waals surface area contributed by atoms with Gasteiger partial charge in [-0.15, -0.1) is 0 Å². The van der Waals surface area contributed by atoms with Crippen molar-refractivity contribution in [2.75, 3.05) is 13.1 Å². The molecule has 34 heavy (non-hydrogen) atoms. The molecule has 0 spiro atoms. The van der Waals surface area contributed by atoms with E-state index < -0.39 is 0 Å². The van der Waals surface area contributed by atoms with Crippen molar-refractivity contribution in [2.45, 2.75) is 49.9 Å². The third-order valence-electron chi connectivity index (χ3n) is 8.38. The standard InChI is InChI=1S/C26H28N6O2/c33-7-5-31-21-9-15(21)11-23(31)25-27-13-19(29-25)17-3-1-2-4-18(17)20-14-28-26(30-20)24-12-16-10-22(16)32(24)6-8-34/h1-4,7-8,13-16,21-24H,5-6,9-12H2,(H,27,29)(H,28,30)/t15-,16?,21?,22?,23?,24?/m0/s1. The molecule has 174 valence electrons. The van der Waals surface area contributed by atoms with Crippen molar-refractivity contribution in [3.63, 3.8) is 0 Å². The van der Waals surface area contributed by atoms with Crippen LogP contribution in [0.3, 0.4) is 0 Å². The average Bonchev–Trinajstić information content (AvgIpc) is 3.49. The molecule has 2 saturated carbocycles. The van der Waals surface area contributed by atoms with Gasteiger partial charge in [0.15, 0.2) is 0 Å². The van der Waals surface area contributed by atoms with Crippen molar-refractivity contribution in [1.29, 1.82) is 0 Å². The fourth-order valence-corrected chi connectivity index (χ4v) is 6.56. The number of aromatic nitrogens is 4. The molecule has 5 unspecified atom stereocenters. The number of nitrogens with one attached hydrogen (secondary N) is 2. The second kappa shape index (κ2) is 7.71. The Morgan fingerprint density at radius 3 is 1.68 bits per heavy atom. The Bertz CT molecular complexity index is 1150. The highest BCUT2D eigenvalue weighted by molar-refractivity contribution is 5.79. The zero-order chi connectivity index (χ0) is 22.8. The van der Waals surface area contributed by atoms with Crippen LogP contribution < -0.4 is 0 Å². The molecule has 4 heterocycles. The number of nitrogens with zero attached hydrogens (tertiary/aromatic N) is 4. The lowest BCUT2D eigenvalue weighted by molar-refractivity contribution is -0.110. The molecule has 3 aromatic rings. The van der Waals surface area contributed by atoms with Crippen molar-refractivity contribution < 1.29 is 9.59 Å². The van der Waals surface area contributed by atoms with E-state index in [1.54, 1.807) is 0 Å². The maximum Gasteiger partial charge on any atom is 0.134 e. The number of piperidine rings is 2. The largest absolute Gasteiger partial charge is 0.341 e. The zero-order valence-electron chi connectivity index (χ0n) is 18.9. The number of fused-ring (bicyclic) bond motifs is 2. The van der Waals surface area contributed by atoms with Gasteiger partial charge in [-0.2, -0.15) is 0 Å². The van der Waals surface area contributed by atoms with Gasteiger partial charge in [-0.1, -0.05) is 24.3 Å². The van der Waals surface area contributed by atoms with Gasteiger partial charge in [0.25, 0.3) is 0 Å². The Morgan fingerprint density at radius 1 is 0.765 bits per heavy atom. The quantitative estimate of drug-likeness (QED) is 0.506. The van der Waals surface area contributed by atoms with Gasteiger partial charge in [0.05, 0.1) is 49.0 Å². The van der Waals surface area contributed by atoms with Crippen LogP contribution in [0.1, 0.15) is 49.4 Å². The van der Waals surface area contributed by atoms with Crippen molar-refractivity contribution in [3.05, 3.63) is 48.3 Å². The molecule has 7 rings (SSSR count). The number of aldehydes is 2. The summed E-state index contributed by atoms with van der Waals surface area (Å²) in [4.78, 5) is 43.6. The molecular weight excluding hydrogens is 428 g/mol. The van der Waals surface area contributed by atoms with E-state index in [0.717, 1.165) is 59.6 Å². The van der Waals surface area contributed by atoms with E-state index in [1.165, 1.54) is 12.8 Å². The minimum Gasteiger partial charge on any atom is -0.341 e. The molecule has 4 fully saturated rings. The van der Waals surface area contributed by atoms with E-state index in [1.807, 2.05) is 24.5 Å². The minimum atomic E-state index is 0.186. The molecule has 0 radical (unpaired) electrons. The molecule has 2 saturated heterocycles. The lowest BCUT2D eigenvalue weighted by atomic mass is 10.0. The van der Waals surface area contributed by atoms with Gasteiger partial charge < -0.3 is 19.6 Å². The number of benzene rings is 1. The SMILES string of the molecule is O=CCN1C(c2ncc(-c3ccccc3-c3cnc(C4C[C@@H]5CC5N4CC=O)[nH]3)[nH]2)CC2CC21. The molecule has 6 atom stereocenters. The van der Waals surface area contributed by atoms with E-state index in [2.05, 4.69) is 31.9 Å². The van der Waals surface area contributed by atoms with Crippen molar-refractivity contribution in [3.8, 4) is 22.5 Å². The molecule has 4 aliphatic rings. The fraction of sp³-hybridized carbons (Fsp3) is 0.462. The number of carbonyl (C=O) groups is 2. The maximum atomic E-state index is 11.2. The van der Waals surface area contributed by atoms with Gasteiger partial charge >= 0.3 is 0 Å². The average molecular weight is 457 g/mol. The van der Waals surface area contributed by atoms with Crippen LogP contribution in [0, 0.1) is 11.8 Å². The summed E-state index contributed by atoms with van der Waals surface area (Å²) in [5.41, 5.74) is 4.08. The number of imidazole rings is 2. The number of hydrogen-bond acceptors (Lipinski definition) is 6. The summed E-state index contributed by atoms with van der Waals surface area (Å²) in [5, 5.41) is 0. The van der Waals surface area contributed by atoms with E-state index >= 15 is 0 Å². The lowest BCUT2D eigenvalue weighted by Gasteiger charge is -2.23. The molecule has 2 aliphatic heterocycles. The third-order valence-corrected chi connectivity index (χ3v) is 8.38. The monoisotopic (exact) mass is 456 g/mol. The zero-order valence-corrected chi connectivity index (χ0v) is 18.9.